The standard InChI is InChI=1S/C14H20FNO4S2/c1-10(2)9-21(17,18)13-7-16(8-13)22(19,20)14-5-4-12(15)6-11(14)3/h4-6,10,13H,7-9H2,1-3H3. The summed E-state index contributed by atoms with van der Waals surface area (Å²) in [6.45, 7) is 5.07. The Kier molecular flexibility index (Phi) is 4.66. The van der Waals surface area contributed by atoms with E-state index < -0.39 is 30.9 Å². The van der Waals surface area contributed by atoms with Gasteiger partial charge in [-0.25, -0.2) is 21.2 Å². The summed E-state index contributed by atoms with van der Waals surface area (Å²) in [7, 11) is -7.05. The largest absolute Gasteiger partial charge is 0.243 e. The van der Waals surface area contributed by atoms with E-state index in [1.54, 1.807) is 0 Å². The third-order valence-corrected chi connectivity index (χ3v) is 8.08. The molecule has 0 aromatic heterocycles. The van der Waals surface area contributed by atoms with Crippen LogP contribution in [0.3, 0.4) is 0 Å². The lowest BCUT2D eigenvalue weighted by Gasteiger charge is -2.38. The summed E-state index contributed by atoms with van der Waals surface area (Å²) in [5.41, 5.74) is 0.313. The minimum Gasteiger partial charge on any atom is -0.228 e. The molecule has 0 atom stereocenters. The van der Waals surface area contributed by atoms with Crippen molar-refractivity contribution >= 4 is 19.9 Å². The van der Waals surface area contributed by atoms with Gasteiger partial charge in [-0.05, 0) is 36.6 Å². The Morgan fingerprint density at radius 1 is 1.23 bits per heavy atom. The minimum atomic E-state index is -3.77. The van der Waals surface area contributed by atoms with E-state index in [-0.39, 0.29) is 29.7 Å². The maximum atomic E-state index is 13.1. The van der Waals surface area contributed by atoms with Gasteiger partial charge in [-0.2, -0.15) is 4.31 Å². The summed E-state index contributed by atoms with van der Waals surface area (Å²) >= 11 is 0. The van der Waals surface area contributed by atoms with Crippen LogP contribution >= 0.6 is 0 Å². The first-order valence-electron chi connectivity index (χ1n) is 7.02. The number of rotatable bonds is 5. The van der Waals surface area contributed by atoms with Crippen LogP contribution in [0.25, 0.3) is 0 Å². The second-order valence-corrected chi connectivity index (χ2v) is 10.3. The van der Waals surface area contributed by atoms with E-state index in [2.05, 4.69) is 0 Å². The summed E-state index contributed by atoms with van der Waals surface area (Å²) in [6, 6.07) is 3.46. The molecule has 0 bridgehead atoms. The molecule has 1 aromatic carbocycles. The van der Waals surface area contributed by atoms with Crippen LogP contribution in [0, 0.1) is 18.7 Å². The van der Waals surface area contributed by atoms with Crippen LogP contribution < -0.4 is 0 Å². The lowest BCUT2D eigenvalue weighted by molar-refractivity contribution is 0.309. The molecule has 2 rings (SSSR count). The minimum absolute atomic E-state index is 0.00926. The zero-order valence-corrected chi connectivity index (χ0v) is 14.4. The van der Waals surface area contributed by atoms with Gasteiger partial charge >= 0.3 is 0 Å². The monoisotopic (exact) mass is 349 g/mol. The Labute approximate surface area is 131 Å². The van der Waals surface area contributed by atoms with Crippen molar-refractivity contribution < 1.29 is 21.2 Å². The fourth-order valence-corrected chi connectivity index (χ4v) is 6.41. The lowest BCUT2D eigenvalue weighted by atomic mass is 10.2. The zero-order chi connectivity index (χ0) is 16.7. The van der Waals surface area contributed by atoms with Gasteiger partial charge in [0.25, 0.3) is 0 Å². The predicted molar refractivity (Wildman–Crippen MR) is 82.3 cm³/mol. The Morgan fingerprint density at radius 3 is 2.32 bits per heavy atom. The van der Waals surface area contributed by atoms with E-state index in [1.807, 2.05) is 13.8 Å². The molecule has 0 amide bonds. The van der Waals surface area contributed by atoms with E-state index in [9.17, 15) is 21.2 Å². The molecule has 1 heterocycles. The normalized spacial score (nSPS) is 17.7. The van der Waals surface area contributed by atoms with Crippen LogP contribution in [0.1, 0.15) is 19.4 Å². The van der Waals surface area contributed by atoms with Gasteiger partial charge in [0, 0.05) is 13.1 Å². The number of hydrogen-bond donors (Lipinski definition) is 0. The van der Waals surface area contributed by atoms with E-state index in [0.29, 0.717) is 5.56 Å². The number of hydrogen-bond acceptors (Lipinski definition) is 4. The number of aryl methyl sites for hydroxylation is 1. The Balaban J connectivity index is 2.15. The van der Waals surface area contributed by atoms with E-state index >= 15 is 0 Å². The van der Waals surface area contributed by atoms with Crippen molar-refractivity contribution in [3.8, 4) is 0 Å². The van der Waals surface area contributed by atoms with Gasteiger partial charge in [-0.3, -0.25) is 0 Å². The van der Waals surface area contributed by atoms with E-state index in [0.717, 1.165) is 16.4 Å². The van der Waals surface area contributed by atoms with E-state index in [4.69, 9.17) is 0 Å². The Hall–Kier alpha value is -0.990. The predicted octanol–water partition coefficient (Wildman–Crippen LogP) is 1.58. The first-order valence-corrected chi connectivity index (χ1v) is 10.2. The van der Waals surface area contributed by atoms with Crippen molar-refractivity contribution in [2.24, 2.45) is 5.92 Å². The Morgan fingerprint density at radius 2 is 1.82 bits per heavy atom. The van der Waals surface area contributed by atoms with E-state index in [1.165, 1.54) is 13.0 Å². The third-order valence-electron chi connectivity index (χ3n) is 3.64. The highest BCUT2D eigenvalue weighted by Gasteiger charge is 2.43. The third kappa shape index (κ3) is 3.33. The van der Waals surface area contributed by atoms with Crippen LogP contribution in [-0.4, -0.2) is 45.2 Å². The van der Waals surface area contributed by atoms with Gasteiger partial charge < -0.3 is 0 Å². The molecule has 1 aliphatic heterocycles. The molecule has 1 aliphatic rings. The summed E-state index contributed by atoms with van der Waals surface area (Å²) in [6.07, 6.45) is 0. The molecule has 124 valence electrons. The molecule has 0 spiro atoms. The summed E-state index contributed by atoms with van der Waals surface area (Å²) in [5.74, 6) is -0.436. The SMILES string of the molecule is Cc1cc(F)ccc1S(=O)(=O)N1CC(S(=O)(=O)CC(C)C)C1. The first kappa shape index (κ1) is 17.4. The molecule has 8 heteroatoms. The summed E-state index contributed by atoms with van der Waals surface area (Å²) in [4.78, 5) is 0.0219. The molecule has 0 saturated carbocycles. The number of nitrogens with zero attached hydrogens (tertiary/aromatic N) is 1. The highest BCUT2D eigenvalue weighted by atomic mass is 32.2. The van der Waals surface area contributed by atoms with Crippen LogP contribution in [0.5, 0.6) is 0 Å². The second-order valence-electron chi connectivity index (χ2n) is 6.08. The lowest BCUT2D eigenvalue weighted by Crippen LogP contribution is -2.57. The van der Waals surface area contributed by atoms with Gasteiger partial charge in [0.2, 0.25) is 10.0 Å². The molecule has 0 aliphatic carbocycles. The number of sulfonamides is 1. The topological polar surface area (TPSA) is 71.5 Å². The molecule has 0 N–H and O–H groups in total. The van der Waals surface area contributed by atoms with Gasteiger partial charge in [0.15, 0.2) is 9.84 Å². The number of halogens is 1. The molecule has 22 heavy (non-hydrogen) atoms. The van der Waals surface area contributed by atoms with Crippen molar-refractivity contribution in [1.29, 1.82) is 0 Å². The molecule has 0 radical (unpaired) electrons. The molecule has 0 unspecified atom stereocenters. The quantitative estimate of drug-likeness (QED) is 0.809. The van der Waals surface area contributed by atoms with Crippen LogP contribution in [0.2, 0.25) is 0 Å². The smallest absolute Gasteiger partial charge is 0.228 e. The van der Waals surface area contributed by atoms with Crippen LogP contribution in [-0.2, 0) is 19.9 Å². The van der Waals surface area contributed by atoms with Crippen LogP contribution in [0.4, 0.5) is 4.39 Å². The van der Waals surface area contributed by atoms with Crippen LogP contribution in [0.15, 0.2) is 23.1 Å². The maximum Gasteiger partial charge on any atom is 0.243 e. The maximum absolute atomic E-state index is 13.1. The molecular formula is C14H20FNO4S2. The van der Waals surface area contributed by atoms with Crippen molar-refractivity contribution in [2.75, 3.05) is 18.8 Å². The average molecular weight is 349 g/mol. The highest BCUT2D eigenvalue weighted by molar-refractivity contribution is 7.92. The zero-order valence-electron chi connectivity index (χ0n) is 12.8. The molecule has 1 saturated heterocycles. The van der Waals surface area contributed by atoms with Crippen molar-refractivity contribution in [1.82, 2.24) is 4.31 Å². The van der Waals surface area contributed by atoms with Crippen molar-refractivity contribution in [3.05, 3.63) is 29.6 Å². The molecule has 1 aromatic rings. The molecule has 5 nitrogen and oxygen atoms in total. The average Bonchev–Trinajstić information content (AvgIpc) is 2.22. The summed E-state index contributed by atoms with van der Waals surface area (Å²) in [5, 5.41) is -0.648. The second kappa shape index (κ2) is 5.90. The van der Waals surface area contributed by atoms with Gasteiger partial charge in [0.05, 0.1) is 15.9 Å². The Bertz CT molecular complexity index is 766. The van der Waals surface area contributed by atoms with Crippen molar-refractivity contribution in [3.63, 3.8) is 0 Å². The number of sulfone groups is 1. The van der Waals surface area contributed by atoms with Gasteiger partial charge in [-0.1, -0.05) is 13.8 Å². The highest BCUT2D eigenvalue weighted by Crippen LogP contribution is 2.28. The first-order chi connectivity index (χ1) is 10.0. The fraction of sp³-hybridized carbons (Fsp3) is 0.571. The number of benzene rings is 1. The van der Waals surface area contributed by atoms with Gasteiger partial charge in [0.1, 0.15) is 5.82 Å². The molecular weight excluding hydrogens is 329 g/mol. The fourth-order valence-electron chi connectivity index (χ4n) is 2.47. The summed E-state index contributed by atoms with van der Waals surface area (Å²) < 4.78 is 63.3. The molecule has 1 fully saturated rings. The van der Waals surface area contributed by atoms with Crippen molar-refractivity contribution in [2.45, 2.75) is 30.9 Å². The van der Waals surface area contributed by atoms with Gasteiger partial charge in [-0.15, -0.1) is 0 Å².